The quantitative estimate of drug-likeness (QED) is 0.738. The molecule has 0 radical (unpaired) electrons. The number of hydrogen-bond donors (Lipinski definition) is 0. The van der Waals surface area contributed by atoms with Crippen LogP contribution in [0.2, 0.25) is 0 Å². The van der Waals surface area contributed by atoms with Gasteiger partial charge in [0.2, 0.25) is 0 Å². The van der Waals surface area contributed by atoms with E-state index in [-0.39, 0.29) is 6.09 Å². The fourth-order valence-electron chi connectivity index (χ4n) is 5.44. The van der Waals surface area contributed by atoms with Gasteiger partial charge in [0.15, 0.2) is 0 Å². The second kappa shape index (κ2) is 5.87. The molecule has 4 rings (SSSR count). The first-order chi connectivity index (χ1) is 11.4. The van der Waals surface area contributed by atoms with E-state index in [0.717, 1.165) is 32.1 Å². The van der Waals surface area contributed by atoms with Crippen LogP contribution in [-0.4, -0.2) is 65.9 Å². The molecular weight excluding hydrogens is 304 g/mol. The lowest BCUT2D eigenvalue weighted by molar-refractivity contribution is -0.106. The summed E-state index contributed by atoms with van der Waals surface area (Å²) in [6.07, 6.45) is 6.93. The molecule has 0 aromatic heterocycles. The van der Waals surface area contributed by atoms with Crippen molar-refractivity contribution >= 4 is 6.09 Å². The molecule has 2 bridgehead atoms. The highest BCUT2D eigenvalue weighted by atomic mass is 16.6. The highest BCUT2D eigenvalue weighted by molar-refractivity contribution is 5.69. The van der Waals surface area contributed by atoms with Crippen molar-refractivity contribution in [3.8, 4) is 0 Å². The molecule has 4 saturated heterocycles. The maximum Gasteiger partial charge on any atom is 0.410 e. The van der Waals surface area contributed by atoms with Gasteiger partial charge in [-0.3, -0.25) is 4.90 Å². The van der Waals surface area contributed by atoms with Crippen LogP contribution in [0.3, 0.4) is 0 Å². The molecule has 4 aliphatic rings. The molecule has 0 aromatic carbocycles. The normalized spacial score (nSPS) is 33.5. The summed E-state index contributed by atoms with van der Waals surface area (Å²) in [6, 6.07) is 1.52. The Hall–Kier alpha value is -0.810. The molecule has 4 aliphatic heterocycles. The molecule has 24 heavy (non-hydrogen) atoms. The molecule has 1 amide bonds. The van der Waals surface area contributed by atoms with Crippen molar-refractivity contribution in [2.24, 2.45) is 5.41 Å². The van der Waals surface area contributed by atoms with Crippen molar-refractivity contribution in [2.75, 3.05) is 26.3 Å². The van der Waals surface area contributed by atoms with E-state index in [0.29, 0.717) is 17.5 Å². The van der Waals surface area contributed by atoms with Crippen LogP contribution < -0.4 is 0 Å². The first-order valence-electron chi connectivity index (χ1n) is 9.68. The van der Waals surface area contributed by atoms with E-state index in [4.69, 9.17) is 9.47 Å². The van der Waals surface area contributed by atoms with Gasteiger partial charge in [0, 0.05) is 44.4 Å². The van der Waals surface area contributed by atoms with Crippen LogP contribution in [0, 0.1) is 5.41 Å². The molecule has 0 aromatic rings. The molecule has 2 atom stereocenters. The summed E-state index contributed by atoms with van der Waals surface area (Å²) in [4.78, 5) is 17.3. The van der Waals surface area contributed by atoms with E-state index < -0.39 is 5.60 Å². The number of carbonyl (C=O) groups excluding carboxylic acids is 1. The van der Waals surface area contributed by atoms with E-state index in [1.807, 2.05) is 20.8 Å². The average Bonchev–Trinajstić information content (AvgIpc) is 2.75. The summed E-state index contributed by atoms with van der Waals surface area (Å²) in [5.41, 5.74) is 0.0601. The Morgan fingerprint density at radius 1 is 1.00 bits per heavy atom. The number of amides is 1. The molecule has 136 valence electrons. The van der Waals surface area contributed by atoms with E-state index in [9.17, 15) is 4.79 Å². The minimum absolute atomic E-state index is 0.0922. The molecule has 2 unspecified atom stereocenters. The van der Waals surface area contributed by atoms with Crippen molar-refractivity contribution in [1.82, 2.24) is 9.80 Å². The summed E-state index contributed by atoms with van der Waals surface area (Å²) >= 11 is 0. The standard InChI is InChI=1S/C19H32N2O3/c1-18(2,3)24-17(22)21-15-4-5-16(21)11-19(10-15)12-20(13-19)14-6-8-23-9-7-14/h14-16H,4-13H2,1-3H3. The molecule has 5 nitrogen and oxygen atoms in total. The van der Waals surface area contributed by atoms with Crippen LogP contribution >= 0.6 is 0 Å². The topological polar surface area (TPSA) is 42.0 Å². The van der Waals surface area contributed by atoms with Gasteiger partial charge >= 0.3 is 6.09 Å². The monoisotopic (exact) mass is 336 g/mol. The van der Waals surface area contributed by atoms with E-state index in [1.54, 1.807) is 0 Å². The molecule has 5 heteroatoms. The fourth-order valence-corrected chi connectivity index (χ4v) is 5.44. The van der Waals surface area contributed by atoms with E-state index in [1.165, 1.54) is 38.8 Å². The zero-order chi connectivity index (χ0) is 16.9. The first-order valence-corrected chi connectivity index (χ1v) is 9.68. The van der Waals surface area contributed by atoms with Crippen molar-refractivity contribution in [3.05, 3.63) is 0 Å². The van der Waals surface area contributed by atoms with Gasteiger partial charge in [-0.25, -0.2) is 4.79 Å². The summed E-state index contributed by atoms with van der Waals surface area (Å²) in [5.74, 6) is 0. The number of carbonyl (C=O) groups is 1. The zero-order valence-electron chi connectivity index (χ0n) is 15.4. The number of rotatable bonds is 1. The fraction of sp³-hybridized carbons (Fsp3) is 0.947. The van der Waals surface area contributed by atoms with Crippen LogP contribution in [0.1, 0.15) is 59.3 Å². The second-order valence-corrected chi connectivity index (χ2v) is 9.43. The van der Waals surface area contributed by atoms with Crippen molar-refractivity contribution in [2.45, 2.75) is 83.0 Å². The smallest absolute Gasteiger partial charge is 0.410 e. The van der Waals surface area contributed by atoms with Gasteiger partial charge in [-0.15, -0.1) is 0 Å². The van der Waals surface area contributed by atoms with Gasteiger partial charge in [-0.1, -0.05) is 0 Å². The third kappa shape index (κ3) is 3.05. The highest BCUT2D eigenvalue weighted by Crippen LogP contribution is 2.51. The van der Waals surface area contributed by atoms with Crippen LogP contribution in [0.4, 0.5) is 4.79 Å². The number of piperidine rings is 1. The number of fused-ring (bicyclic) bond motifs is 2. The Bertz CT molecular complexity index is 473. The zero-order valence-corrected chi connectivity index (χ0v) is 15.4. The lowest BCUT2D eigenvalue weighted by atomic mass is 9.68. The summed E-state index contributed by atoms with van der Waals surface area (Å²) in [5, 5.41) is 0. The van der Waals surface area contributed by atoms with Gasteiger partial charge in [0.25, 0.3) is 0 Å². The molecule has 0 N–H and O–H groups in total. The number of nitrogens with zero attached hydrogens (tertiary/aromatic N) is 2. The van der Waals surface area contributed by atoms with Gasteiger partial charge in [-0.05, 0) is 64.7 Å². The van der Waals surface area contributed by atoms with Crippen LogP contribution in [0.25, 0.3) is 0 Å². The minimum Gasteiger partial charge on any atom is -0.444 e. The van der Waals surface area contributed by atoms with Crippen LogP contribution in [0.5, 0.6) is 0 Å². The lowest BCUT2D eigenvalue weighted by Crippen LogP contribution is -2.66. The number of likely N-dealkylation sites (tertiary alicyclic amines) is 1. The van der Waals surface area contributed by atoms with Crippen molar-refractivity contribution in [3.63, 3.8) is 0 Å². The molecule has 4 heterocycles. The van der Waals surface area contributed by atoms with Crippen LogP contribution in [-0.2, 0) is 9.47 Å². The van der Waals surface area contributed by atoms with Gasteiger partial charge in [-0.2, -0.15) is 0 Å². The maximum absolute atomic E-state index is 12.6. The van der Waals surface area contributed by atoms with Gasteiger partial charge in [0.05, 0.1) is 0 Å². The first kappa shape index (κ1) is 16.6. The largest absolute Gasteiger partial charge is 0.444 e. The van der Waals surface area contributed by atoms with Crippen LogP contribution in [0.15, 0.2) is 0 Å². The lowest BCUT2D eigenvalue weighted by Gasteiger charge is -2.58. The Morgan fingerprint density at radius 2 is 1.58 bits per heavy atom. The van der Waals surface area contributed by atoms with Crippen molar-refractivity contribution < 1.29 is 14.3 Å². The molecule has 4 fully saturated rings. The minimum atomic E-state index is -0.401. The Kier molecular flexibility index (Phi) is 4.07. The van der Waals surface area contributed by atoms with E-state index in [2.05, 4.69) is 9.80 Å². The number of ether oxygens (including phenoxy) is 2. The Balaban J connectivity index is 1.36. The molecule has 1 spiro atoms. The highest BCUT2D eigenvalue weighted by Gasteiger charge is 2.56. The Morgan fingerprint density at radius 3 is 2.12 bits per heavy atom. The van der Waals surface area contributed by atoms with Gasteiger partial charge < -0.3 is 14.4 Å². The molecule has 0 aliphatic carbocycles. The predicted molar refractivity (Wildman–Crippen MR) is 92.0 cm³/mol. The average molecular weight is 336 g/mol. The Labute approximate surface area is 145 Å². The molecular formula is C19H32N2O3. The van der Waals surface area contributed by atoms with Crippen molar-refractivity contribution in [1.29, 1.82) is 0 Å². The molecule has 0 saturated carbocycles. The second-order valence-electron chi connectivity index (χ2n) is 9.43. The third-order valence-electron chi connectivity index (χ3n) is 6.35. The SMILES string of the molecule is CC(C)(C)OC(=O)N1C2CCC1CC1(C2)CN(C2CCOCC2)C1. The number of hydrogen-bond acceptors (Lipinski definition) is 4. The maximum atomic E-state index is 12.6. The third-order valence-corrected chi connectivity index (χ3v) is 6.35. The summed E-state index contributed by atoms with van der Waals surface area (Å²) in [6.45, 7) is 10.2. The van der Waals surface area contributed by atoms with E-state index >= 15 is 0 Å². The van der Waals surface area contributed by atoms with Gasteiger partial charge in [0.1, 0.15) is 5.60 Å². The predicted octanol–water partition coefficient (Wildman–Crippen LogP) is 3.03. The summed E-state index contributed by atoms with van der Waals surface area (Å²) < 4.78 is 11.2. The summed E-state index contributed by atoms with van der Waals surface area (Å²) in [7, 11) is 0.